The van der Waals surface area contributed by atoms with Crippen LogP contribution in [0.25, 0.3) is 0 Å². The first-order valence-electron chi connectivity index (χ1n) is 10.3. The second-order valence-electron chi connectivity index (χ2n) is 8.03. The number of nitro benzene ring substituents is 1. The SMILES string of the molecule is CCOC(=O)C1C(C)=Nc2nc3c(c(N)c2C1c1cccc([N+](=O)[O-])c1)CC(F)(F)CC3. The number of nitrogens with zero attached hydrogens (tertiary/aromatic N) is 3. The van der Waals surface area contributed by atoms with Gasteiger partial charge in [-0.05, 0) is 25.8 Å². The molecule has 10 heteroatoms. The van der Waals surface area contributed by atoms with E-state index in [4.69, 9.17) is 10.5 Å². The molecule has 0 bridgehead atoms. The van der Waals surface area contributed by atoms with Crippen molar-refractivity contribution in [3.63, 3.8) is 0 Å². The van der Waals surface area contributed by atoms with Crippen LogP contribution < -0.4 is 5.73 Å². The average molecular weight is 444 g/mol. The van der Waals surface area contributed by atoms with E-state index in [0.29, 0.717) is 22.5 Å². The Labute approximate surface area is 182 Å². The lowest BCUT2D eigenvalue weighted by Gasteiger charge is -2.34. The maximum atomic E-state index is 14.2. The summed E-state index contributed by atoms with van der Waals surface area (Å²) in [7, 11) is 0. The molecule has 0 radical (unpaired) electrons. The van der Waals surface area contributed by atoms with Crippen molar-refractivity contribution < 1.29 is 23.2 Å². The molecule has 2 N–H and O–H groups in total. The van der Waals surface area contributed by atoms with E-state index >= 15 is 0 Å². The molecule has 168 valence electrons. The van der Waals surface area contributed by atoms with Crippen LogP contribution in [0.4, 0.5) is 26.0 Å². The van der Waals surface area contributed by atoms with E-state index < -0.39 is 35.1 Å². The number of rotatable bonds is 4. The minimum atomic E-state index is -2.91. The first-order chi connectivity index (χ1) is 15.1. The van der Waals surface area contributed by atoms with Crippen LogP contribution in [-0.4, -0.2) is 34.1 Å². The Kier molecular flexibility index (Phi) is 5.39. The molecule has 4 rings (SSSR count). The Morgan fingerprint density at radius 3 is 2.84 bits per heavy atom. The number of fused-ring (bicyclic) bond motifs is 2. The molecule has 2 heterocycles. The van der Waals surface area contributed by atoms with E-state index in [1.54, 1.807) is 19.9 Å². The molecule has 1 aliphatic heterocycles. The summed E-state index contributed by atoms with van der Waals surface area (Å²) < 4.78 is 33.6. The Bertz CT molecular complexity index is 1150. The number of carbonyl (C=O) groups is 1. The minimum Gasteiger partial charge on any atom is -0.465 e. The maximum absolute atomic E-state index is 14.2. The lowest BCUT2D eigenvalue weighted by molar-refractivity contribution is -0.384. The lowest BCUT2D eigenvalue weighted by atomic mass is 9.74. The number of aliphatic imine (C=N–C) groups is 1. The molecule has 1 aromatic carbocycles. The van der Waals surface area contributed by atoms with E-state index in [1.807, 2.05) is 0 Å². The number of nitro groups is 1. The number of aromatic nitrogens is 1. The Morgan fingerprint density at radius 2 is 2.16 bits per heavy atom. The number of carbonyl (C=O) groups excluding carboxylic acids is 1. The van der Waals surface area contributed by atoms with Crippen molar-refractivity contribution in [2.75, 3.05) is 12.3 Å². The zero-order chi connectivity index (χ0) is 23.2. The highest BCUT2D eigenvalue weighted by Gasteiger charge is 2.44. The van der Waals surface area contributed by atoms with Crippen molar-refractivity contribution in [1.82, 2.24) is 4.98 Å². The second-order valence-corrected chi connectivity index (χ2v) is 8.03. The number of anilines is 1. The van der Waals surface area contributed by atoms with Crippen LogP contribution in [0.5, 0.6) is 0 Å². The number of nitrogens with two attached hydrogens (primary N) is 1. The van der Waals surface area contributed by atoms with Gasteiger partial charge in [-0.2, -0.15) is 0 Å². The first-order valence-corrected chi connectivity index (χ1v) is 10.3. The highest BCUT2D eigenvalue weighted by molar-refractivity contribution is 6.05. The topological polar surface area (TPSA) is 121 Å². The molecule has 0 fully saturated rings. The zero-order valence-corrected chi connectivity index (χ0v) is 17.6. The van der Waals surface area contributed by atoms with Crippen LogP contribution in [0.1, 0.15) is 48.6 Å². The van der Waals surface area contributed by atoms with Crippen molar-refractivity contribution in [3.05, 3.63) is 56.8 Å². The van der Waals surface area contributed by atoms with Crippen LogP contribution in [0, 0.1) is 16.0 Å². The number of ether oxygens (including phenoxy) is 1. The van der Waals surface area contributed by atoms with E-state index in [0.717, 1.165) is 0 Å². The average Bonchev–Trinajstić information content (AvgIpc) is 2.73. The summed E-state index contributed by atoms with van der Waals surface area (Å²) in [6.07, 6.45) is -0.812. The highest BCUT2D eigenvalue weighted by Crippen LogP contribution is 2.48. The Balaban J connectivity index is 1.97. The third-order valence-corrected chi connectivity index (χ3v) is 5.97. The number of halogens is 2. The predicted octanol–water partition coefficient (Wildman–Crippen LogP) is 4.11. The number of aryl methyl sites for hydroxylation is 1. The fraction of sp³-hybridized carbons (Fsp3) is 0.409. The van der Waals surface area contributed by atoms with E-state index in [9.17, 15) is 23.7 Å². The largest absolute Gasteiger partial charge is 0.465 e. The minimum absolute atomic E-state index is 0.0666. The number of benzene rings is 1. The molecule has 0 amide bonds. The smallest absolute Gasteiger partial charge is 0.315 e. The molecule has 32 heavy (non-hydrogen) atoms. The van der Waals surface area contributed by atoms with Crippen molar-refractivity contribution in [3.8, 4) is 0 Å². The van der Waals surface area contributed by atoms with Gasteiger partial charge in [0.15, 0.2) is 5.82 Å². The van der Waals surface area contributed by atoms with Gasteiger partial charge < -0.3 is 10.5 Å². The van der Waals surface area contributed by atoms with Gasteiger partial charge in [0.2, 0.25) is 0 Å². The second kappa shape index (κ2) is 7.92. The molecule has 0 saturated heterocycles. The maximum Gasteiger partial charge on any atom is 0.315 e. The molecule has 8 nitrogen and oxygen atoms in total. The summed E-state index contributed by atoms with van der Waals surface area (Å²) in [5, 5.41) is 11.4. The lowest BCUT2D eigenvalue weighted by Crippen LogP contribution is -2.35. The number of nitrogen functional groups attached to an aromatic ring is 1. The Hall–Kier alpha value is -3.43. The molecule has 0 saturated carbocycles. The van der Waals surface area contributed by atoms with Gasteiger partial charge in [-0.3, -0.25) is 14.9 Å². The fourth-order valence-electron chi connectivity index (χ4n) is 4.51. The van der Waals surface area contributed by atoms with Crippen molar-refractivity contribution >= 4 is 28.9 Å². The number of hydrogen-bond donors (Lipinski definition) is 1. The first kappa shape index (κ1) is 21.8. The number of hydrogen-bond acceptors (Lipinski definition) is 7. The van der Waals surface area contributed by atoms with Crippen LogP contribution in [0.15, 0.2) is 29.3 Å². The summed E-state index contributed by atoms with van der Waals surface area (Å²) in [4.78, 5) is 32.7. The monoisotopic (exact) mass is 444 g/mol. The van der Waals surface area contributed by atoms with Gasteiger partial charge >= 0.3 is 5.97 Å². The van der Waals surface area contributed by atoms with Gasteiger partial charge in [-0.25, -0.2) is 18.8 Å². The molecular weight excluding hydrogens is 422 g/mol. The molecule has 2 aliphatic rings. The zero-order valence-electron chi connectivity index (χ0n) is 17.6. The quantitative estimate of drug-likeness (QED) is 0.430. The standard InChI is InChI=1S/C22H22F2N4O4/c1-3-32-21(29)16-11(2)26-20-18(17(16)12-5-4-6-13(9-12)28(30)31)19(25)14-10-22(23,24)8-7-15(14)27-20/h4-6,9,16-17H,3,7-8,10H2,1-2H3,(H2,25,27). The highest BCUT2D eigenvalue weighted by atomic mass is 19.3. The molecule has 1 aromatic heterocycles. The third kappa shape index (κ3) is 3.69. The molecular formula is C22H22F2N4O4. The van der Waals surface area contributed by atoms with E-state index in [-0.39, 0.29) is 42.2 Å². The third-order valence-electron chi connectivity index (χ3n) is 5.97. The number of pyridine rings is 1. The number of alkyl halides is 2. The summed E-state index contributed by atoms with van der Waals surface area (Å²) in [6, 6.07) is 5.84. The van der Waals surface area contributed by atoms with Gasteiger partial charge in [0, 0.05) is 59.1 Å². The predicted molar refractivity (Wildman–Crippen MR) is 113 cm³/mol. The van der Waals surface area contributed by atoms with Gasteiger partial charge in [-0.1, -0.05) is 12.1 Å². The van der Waals surface area contributed by atoms with Crippen molar-refractivity contribution in [1.29, 1.82) is 0 Å². The van der Waals surface area contributed by atoms with Crippen LogP contribution in [0.3, 0.4) is 0 Å². The fourth-order valence-corrected chi connectivity index (χ4v) is 4.51. The van der Waals surface area contributed by atoms with E-state index in [2.05, 4.69) is 9.98 Å². The van der Waals surface area contributed by atoms with Crippen LogP contribution >= 0.6 is 0 Å². The summed E-state index contributed by atoms with van der Waals surface area (Å²) in [6.45, 7) is 3.44. The van der Waals surface area contributed by atoms with Gasteiger partial charge in [0.1, 0.15) is 5.92 Å². The number of non-ortho nitro benzene ring substituents is 1. The molecule has 1 aliphatic carbocycles. The molecule has 2 unspecified atom stereocenters. The normalized spacial score (nSPS) is 21.2. The van der Waals surface area contributed by atoms with E-state index in [1.165, 1.54) is 18.2 Å². The molecule has 2 aromatic rings. The molecule has 0 spiro atoms. The Morgan fingerprint density at radius 1 is 1.41 bits per heavy atom. The van der Waals surface area contributed by atoms with Gasteiger partial charge in [-0.15, -0.1) is 0 Å². The van der Waals surface area contributed by atoms with Crippen LogP contribution in [-0.2, 0) is 22.4 Å². The number of esters is 1. The summed E-state index contributed by atoms with van der Waals surface area (Å²) in [5.74, 6) is -4.96. The summed E-state index contributed by atoms with van der Waals surface area (Å²) in [5.41, 5.74) is 8.25. The van der Waals surface area contributed by atoms with Gasteiger partial charge in [0.05, 0.1) is 11.5 Å². The summed E-state index contributed by atoms with van der Waals surface area (Å²) >= 11 is 0. The van der Waals surface area contributed by atoms with Gasteiger partial charge in [0.25, 0.3) is 11.6 Å². The molecule has 2 atom stereocenters. The van der Waals surface area contributed by atoms with Crippen LogP contribution in [0.2, 0.25) is 0 Å². The van der Waals surface area contributed by atoms with Crippen molar-refractivity contribution in [2.24, 2.45) is 10.9 Å². The van der Waals surface area contributed by atoms with Crippen molar-refractivity contribution in [2.45, 2.75) is 45.0 Å².